The van der Waals surface area contributed by atoms with Gasteiger partial charge in [-0.05, 0) is 11.1 Å². The second-order valence-corrected chi connectivity index (χ2v) is 4.22. The summed E-state index contributed by atoms with van der Waals surface area (Å²) in [5.74, 6) is -0.499. The number of rotatable bonds is 4. The fourth-order valence-electron chi connectivity index (χ4n) is 1.92. The second-order valence-electron chi connectivity index (χ2n) is 4.22. The average Bonchev–Trinajstić information content (AvgIpc) is 2.48. The molecule has 0 aliphatic rings. The Labute approximate surface area is 116 Å². The topological polar surface area (TPSA) is 69.4 Å². The summed E-state index contributed by atoms with van der Waals surface area (Å²) in [6.45, 7) is 0. The molecule has 5 nitrogen and oxygen atoms in total. The molecule has 0 amide bonds. The zero-order chi connectivity index (χ0) is 14.5. The first-order valence-electron chi connectivity index (χ1n) is 6.01. The normalized spacial score (nSPS) is 10.1. The summed E-state index contributed by atoms with van der Waals surface area (Å²) in [5, 5.41) is 11.1. The van der Waals surface area contributed by atoms with Crippen LogP contribution in [-0.2, 0) is 16.0 Å². The van der Waals surface area contributed by atoms with Gasteiger partial charge in [0.25, 0.3) is 5.69 Å². The molecule has 0 saturated heterocycles. The van der Waals surface area contributed by atoms with Crippen LogP contribution in [0.4, 0.5) is 5.69 Å². The van der Waals surface area contributed by atoms with Crippen molar-refractivity contribution < 1.29 is 14.5 Å². The van der Waals surface area contributed by atoms with Crippen molar-refractivity contribution in [1.29, 1.82) is 0 Å². The lowest BCUT2D eigenvalue weighted by Crippen LogP contribution is -2.06. The summed E-state index contributed by atoms with van der Waals surface area (Å²) in [7, 11) is 1.26. The van der Waals surface area contributed by atoms with Crippen molar-refractivity contribution in [1.82, 2.24) is 0 Å². The van der Waals surface area contributed by atoms with Crippen molar-refractivity contribution in [2.75, 3.05) is 7.11 Å². The maximum absolute atomic E-state index is 11.3. The van der Waals surface area contributed by atoms with Gasteiger partial charge in [0, 0.05) is 11.6 Å². The van der Waals surface area contributed by atoms with Crippen LogP contribution in [0, 0.1) is 10.1 Å². The molecular formula is C15H13NO4. The summed E-state index contributed by atoms with van der Waals surface area (Å²) in [4.78, 5) is 21.9. The lowest BCUT2D eigenvalue weighted by Gasteiger charge is -2.05. The Morgan fingerprint density at radius 1 is 1.15 bits per heavy atom. The number of ether oxygens (including phenoxy) is 1. The average molecular weight is 271 g/mol. The highest BCUT2D eigenvalue weighted by molar-refractivity contribution is 5.76. The van der Waals surface area contributed by atoms with Crippen LogP contribution in [0.3, 0.4) is 0 Å². The number of nitro groups is 1. The number of nitro benzene ring substituents is 1. The maximum atomic E-state index is 11.3. The molecular weight excluding hydrogens is 258 g/mol. The van der Waals surface area contributed by atoms with Gasteiger partial charge >= 0.3 is 5.97 Å². The molecule has 0 heterocycles. The number of esters is 1. The van der Waals surface area contributed by atoms with E-state index < -0.39 is 10.9 Å². The SMILES string of the molecule is COC(=O)Cc1ccc(-c2ccccc2)cc1[N+](=O)[O-]. The molecule has 0 bridgehead atoms. The van der Waals surface area contributed by atoms with E-state index in [9.17, 15) is 14.9 Å². The third kappa shape index (κ3) is 3.00. The van der Waals surface area contributed by atoms with Gasteiger partial charge in [-0.15, -0.1) is 0 Å². The third-order valence-electron chi connectivity index (χ3n) is 2.95. The molecule has 20 heavy (non-hydrogen) atoms. The van der Waals surface area contributed by atoms with Crippen LogP contribution >= 0.6 is 0 Å². The molecule has 0 saturated carbocycles. The highest BCUT2D eigenvalue weighted by atomic mass is 16.6. The Balaban J connectivity index is 2.43. The minimum Gasteiger partial charge on any atom is -0.469 e. The van der Waals surface area contributed by atoms with Gasteiger partial charge in [0.05, 0.1) is 18.5 Å². The number of carbonyl (C=O) groups is 1. The zero-order valence-corrected chi connectivity index (χ0v) is 10.9. The van der Waals surface area contributed by atoms with Crippen LogP contribution in [-0.4, -0.2) is 18.0 Å². The van der Waals surface area contributed by atoms with Crippen LogP contribution in [0.2, 0.25) is 0 Å². The van der Waals surface area contributed by atoms with E-state index >= 15 is 0 Å². The monoisotopic (exact) mass is 271 g/mol. The lowest BCUT2D eigenvalue weighted by molar-refractivity contribution is -0.385. The highest BCUT2D eigenvalue weighted by Gasteiger charge is 2.17. The molecule has 0 unspecified atom stereocenters. The van der Waals surface area contributed by atoms with Crippen LogP contribution in [0.5, 0.6) is 0 Å². The van der Waals surface area contributed by atoms with E-state index in [2.05, 4.69) is 4.74 Å². The molecule has 2 aromatic carbocycles. The highest BCUT2D eigenvalue weighted by Crippen LogP contribution is 2.27. The molecule has 0 spiro atoms. The minimum absolute atomic E-state index is 0.0725. The predicted octanol–water partition coefficient (Wildman–Crippen LogP) is 2.98. The first kappa shape index (κ1) is 13.7. The fourth-order valence-corrected chi connectivity index (χ4v) is 1.92. The fraction of sp³-hybridized carbons (Fsp3) is 0.133. The van der Waals surface area contributed by atoms with E-state index in [1.807, 2.05) is 30.3 Å². The Morgan fingerprint density at radius 2 is 1.85 bits per heavy atom. The molecule has 0 radical (unpaired) electrons. The van der Waals surface area contributed by atoms with Crippen molar-refractivity contribution in [3.63, 3.8) is 0 Å². The molecule has 0 aliphatic heterocycles. The first-order valence-corrected chi connectivity index (χ1v) is 6.01. The Morgan fingerprint density at radius 3 is 2.45 bits per heavy atom. The quantitative estimate of drug-likeness (QED) is 0.487. The smallest absolute Gasteiger partial charge is 0.310 e. The molecule has 102 valence electrons. The Bertz CT molecular complexity index is 638. The molecule has 0 fully saturated rings. The van der Waals surface area contributed by atoms with E-state index in [0.717, 1.165) is 11.1 Å². The lowest BCUT2D eigenvalue weighted by atomic mass is 10.0. The van der Waals surface area contributed by atoms with Gasteiger partial charge in [-0.25, -0.2) is 0 Å². The summed E-state index contributed by atoms with van der Waals surface area (Å²) in [5.41, 5.74) is 1.91. The van der Waals surface area contributed by atoms with Gasteiger partial charge in [0.2, 0.25) is 0 Å². The van der Waals surface area contributed by atoms with Gasteiger partial charge in [-0.2, -0.15) is 0 Å². The van der Waals surface area contributed by atoms with Gasteiger partial charge in [0.1, 0.15) is 0 Å². The van der Waals surface area contributed by atoms with Crippen molar-refractivity contribution in [3.05, 3.63) is 64.2 Å². The van der Waals surface area contributed by atoms with E-state index in [4.69, 9.17) is 0 Å². The summed E-state index contributed by atoms with van der Waals surface area (Å²) in [6.07, 6.45) is -0.109. The number of nitrogens with zero attached hydrogens (tertiary/aromatic N) is 1. The molecule has 0 aliphatic carbocycles. The number of hydrogen-bond acceptors (Lipinski definition) is 4. The molecule has 2 aromatic rings. The molecule has 0 atom stereocenters. The number of carbonyl (C=O) groups excluding carboxylic acids is 1. The summed E-state index contributed by atoms with van der Waals surface area (Å²) < 4.78 is 4.54. The number of benzene rings is 2. The zero-order valence-electron chi connectivity index (χ0n) is 10.9. The minimum atomic E-state index is -0.499. The van der Waals surface area contributed by atoms with Gasteiger partial charge in [0.15, 0.2) is 0 Å². The third-order valence-corrected chi connectivity index (χ3v) is 2.95. The maximum Gasteiger partial charge on any atom is 0.310 e. The van der Waals surface area contributed by atoms with Crippen molar-refractivity contribution in [2.45, 2.75) is 6.42 Å². The van der Waals surface area contributed by atoms with Crippen molar-refractivity contribution in [2.24, 2.45) is 0 Å². The van der Waals surface area contributed by atoms with E-state index in [0.29, 0.717) is 5.56 Å². The van der Waals surface area contributed by atoms with Crippen LogP contribution in [0.25, 0.3) is 11.1 Å². The molecule has 5 heteroatoms. The molecule has 0 aromatic heterocycles. The summed E-state index contributed by atoms with van der Waals surface area (Å²) in [6, 6.07) is 14.2. The van der Waals surface area contributed by atoms with Crippen LogP contribution in [0.1, 0.15) is 5.56 Å². The van der Waals surface area contributed by atoms with Crippen LogP contribution < -0.4 is 0 Å². The largest absolute Gasteiger partial charge is 0.469 e. The number of hydrogen-bond donors (Lipinski definition) is 0. The van der Waals surface area contributed by atoms with Gasteiger partial charge in [-0.1, -0.05) is 42.5 Å². The molecule has 0 N–H and O–H groups in total. The summed E-state index contributed by atoms with van der Waals surface area (Å²) >= 11 is 0. The Hall–Kier alpha value is -2.69. The van der Waals surface area contributed by atoms with Crippen LogP contribution in [0.15, 0.2) is 48.5 Å². The Kier molecular flexibility index (Phi) is 4.10. The van der Waals surface area contributed by atoms with Gasteiger partial charge < -0.3 is 4.74 Å². The van der Waals surface area contributed by atoms with Crippen molar-refractivity contribution in [3.8, 4) is 11.1 Å². The first-order chi connectivity index (χ1) is 9.61. The number of methoxy groups -OCH3 is 1. The molecule has 2 rings (SSSR count). The van der Waals surface area contributed by atoms with Crippen molar-refractivity contribution >= 4 is 11.7 Å². The van der Waals surface area contributed by atoms with E-state index in [1.54, 1.807) is 12.1 Å². The van der Waals surface area contributed by atoms with E-state index in [1.165, 1.54) is 13.2 Å². The van der Waals surface area contributed by atoms with E-state index in [-0.39, 0.29) is 12.1 Å². The van der Waals surface area contributed by atoms with Gasteiger partial charge in [-0.3, -0.25) is 14.9 Å². The second kappa shape index (κ2) is 5.97. The predicted molar refractivity (Wildman–Crippen MR) is 74.3 cm³/mol. The standard InChI is InChI=1S/C15H13NO4/c1-20-15(17)10-13-8-7-12(9-14(13)16(18)19)11-5-3-2-4-6-11/h2-9H,10H2,1H3.